The molecule has 0 heterocycles. The molecule has 100 valence electrons. The fourth-order valence-corrected chi connectivity index (χ4v) is 1.49. The van der Waals surface area contributed by atoms with Crippen LogP contribution in [0.4, 0.5) is 0 Å². The van der Waals surface area contributed by atoms with Gasteiger partial charge in [-0.3, -0.25) is 4.79 Å². The molecule has 0 spiro atoms. The molecule has 1 rings (SSSR count). The van der Waals surface area contributed by atoms with Crippen LogP contribution in [0.25, 0.3) is 0 Å². The second-order valence-corrected chi connectivity index (χ2v) is 4.18. The Hall–Kier alpha value is -1.55. The largest absolute Gasteiger partial charge is 0.508 e. The van der Waals surface area contributed by atoms with Crippen LogP contribution in [-0.2, 0) is 20.7 Å². The van der Waals surface area contributed by atoms with Crippen LogP contribution >= 0.6 is 0 Å². The number of hydrogen-bond donors (Lipinski definition) is 1. The highest BCUT2D eigenvalue weighted by atomic mass is 16.5. The molecule has 0 amide bonds. The lowest BCUT2D eigenvalue weighted by Crippen LogP contribution is -2.13. The number of rotatable bonds is 7. The summed E-state index contributed by atoms with van der Waals surface area (Å²) in [6, 6.07) is 7.00. The van der Waals surface area contributed by atoms with Gasteiger partial charge in [-0.15, -0.1) is 0 Å². The number of hydrogen-bond acceptors (Lipinski definition) is 4. The van der Waals surface area contributed by atoms with Crippen LogP contribution in [0.15, 0.2) is 24.3 Å². The molecule has 18 heavy (non-hydrogen) atoms. The number of benzene rings is 1. The van der Waals surface area contributed by atoms with Crippen molar-refractivity contribution in [2.24, 2.45) is 0 Å². The number of phenolic OH excluding ortho intramolecular Hbond substituents is 1. The van der Waals surface area contributed by atoms with E-state index in [1.165, 1.54) is 0 Å². The Bertz CT molecular complexity index is 376. The summed E-state index contributed by atoms with van der Waals surface area (Å²) < 4.78 is 10.1. The quantitative estimate of drug-likeness (QED) is 0.756. The van der Waals surface area contributed by atoms with Crippen LogP contribution < -0.4 is 0 Å². The van der Waals surface area contributed by atoms with Crippen LogP contribution in [0.3, 0.4) is 0 Å². The highest BCUT2D eigenvalue weighted by Gasteiger charge is 2.07. The molecule has 4 nitrogen and oxygen atoms in total. The zero-order chi connectivity index (χ0) is 13.4. The van der Waals surface area contributed by atoms with Crippen LogP contribution in [0.5, 0.6) is 5.75 Å². The molecule has 1 aromatic rings. The zero-order valence-electron chi connectivity index (χ0n) is 10.9. The molecule has 0 fully saturated rings. The maximum Gasteiger partial charge on any atom is 0.306 e. The summed E-state index contributed by atoms with van der Waals surface area (Å²) in [6.45, 7) is 2.30. The first kappa shape index (κ1) is 14.5. The van der Waals surface area contributed by atoms with Crippen molar-refractivity contribution in [2.45, 2.75) is 32.3 Å². The number of aromatic hydroxyl groups is 1. The van der Waals surface area contributed by atoms with Crippen molar-refractivity contribution in [1.82, 2.24) is 0 Å². The van der Waals surface area contributed by atoms with Crippen LogP contribution in [0.1, 0.15) is 25.3 Å². The number of para-hydroxylation sites is 1. The minimum absolute atomic E-state index is 0.0935. The molecule has 1 aromatic carbocycles. The number of esters is 1. The third-order valence-electron chi connectivity index (χ3n) is 2.78. The van der Waals surface area contributed by atoms with E-state index in [2.05, 4.69) is 0 Å². The fraction of sp³-hybridized carbons (Fsp3) is 0.500. The Morgan fingerprint density at radius 3 is 2.78 bits per heavy atom. The predicted octanol–water partition coefficient (Wildman–Crippen LogP) is 2.29. The first-order valence-corrected chi connectivity index (χ1v) is 6.08. The lowest BCUT2D eigenvalue weighted by atomic mass is 10.1. The molecule has 0 saturated carbocycles. The zero-order valence-corrected chi connectivity index (χ0v) is 10.9. The van der Waals surface area contributed by atoms with Gasteiger partial charge in [-0.25, -0.2) is 0 Å². The Morgan fingerprint density at radius 2 is 2.11 bits per heavy atom. The van der Waals surface area contributed by atoms with Gasteiger partial charge < -0.3 is 14.6 Å². The van der Waals surface area contributed by atoms with Crippen molar-refractivity contribution in [3.63, 3.8) is 0 Å². The number of carbonyl (C=O) groups is 1. The second kappa shape index (κ2) is 7.71. The van der Waals surface area contributed by atoms with E-state index < -0.39 is 0 Å². The van der Waals surface area contributed by atoms with E-state index in [0.29, 0.717) is 19.4 Å². The minimum atomic E-state index is -0.249. The normalized spacial score (nSPS) is 12.1. The van der Waals surface area contributed by atoms with Crippen LogP contribution in [0, 0.1) is 0 Å². The molecule has 1 atom stereocenters. The van der Waals surface area contributed by atoms with Gasteiger partial charge in [0, 0.05) is 20.0 Å². The van der Waals surface area contributed by atoms with Gasteiger partial charge in [-0.05, 0) is 25.0 Å². The third kappa shape index (κ3) is 5.19. The number of carbonyl (C=O) groups excluding carboxylic acids is 1. The number of ether oxygens (including phenoxy) is 2. The lowest BCUT2D eigenvalue weighted by molar-refractivity contribution is -0.144. The summed E-state index contributed by atoms with van der Waals surface area (Å²) in [7, 11) is 1.63. The van der Waals surface area contributed by atoms with E-state index in [0.717, 1.165) is 5.56 Å². The first-order chi connectivity index (χ1) is 8.63. The standard InChI is InChI=1S/C14H20O4/c1-11(17-2)9-10-18-14(16)8-7-12-5-3-4-6-13(12)15/h3-6,11,15H,7-10H2,1-2H3. The van der Waals surface area contributed by atoms with Crippen molar-refractivity contribution in [3.8, 4) is 5.75 Å². The van der Waals surface area contributed by atoms with E-state index >= 15 is 0 Å². The van der Waals surface area contributed by atoms with Gasteiger partial charge in [0.15, 0.2) is 0 Å². The fourth-order valence-electron chi connectivity index (χ4n) is 1.49. The Balaban J connectivity index is 2.23. The molecule has 4 heteroatoms. The van der Waals surface area contributed by atoms with Gasteiger partial charge in [-0.1, -0.05) is 18.2 Å². The van der Waals surface area contributed by atoms with E-state index in [4.69, 9.17) is 9.47 Å². The van der Waals surface area contributed by atoms with E-state index in [-0.39, 0.29) is 24.2 Å². The van der Waals surface area contributed by atoms with Gasteiger partial charge in [0.25, 0.3) is 0 Å². The average Bonchev–Trinajstić information content (AvgIpc) is 2.37. The summed E-state index contributed by atoms with van der Waals surface area (Å²) in [6.07, 6.45) is 1.55. The van der Waals surface area contributed by atoms with Crippen molar-refractivity contribution in [3.05, 3.63) is 29.8 Å². The molecule has 0 aliphatic rings. The number of methoxy groups -OCH3 is 1. The summed E-state index contributed by atoms with van der Waals surface area (Å²) in [5, 5.41) is 9.54. The van der Waals surface area contributed by atoms with Crippen molar-refractivity contribution >= 4 is 5.97 Å². The molecule has 1 unspecified atom stereocenters. The summed E-state index contributed by atoms with van der Waals surface area (Å²) in [5.74, 6) is -0.0279. The lowest BCUT2D eigenvalue weighted by Gasteiger charge is -2.09. The maximum absolute atomic E-state index is 11.5. The average molecular weight is 252 g/mol. The second-order valence-electron chi connectivity index (χ2n) is 4.18. The van der Waals surface area contributed by atoms with Crippen LogP contribution in [0.2, 0.25) is 0 Å². The molecule has 0 aliphatic carbocycles. The Labute approximate surface area is 108 Å². The van der Waals surface area contributed by atoms with Gasteiger partial charge in [0.05, 0.1) is 12.7 Å². The van der Waals surface area contributed by atoms with Crippen molar-refractivity contribution in [2.75, 3.05) is 13.7 Å². The van der Waals surface area contributed by atoms with E-state index in [1.54, 1.807) is 25.3 Å². The van der Waals surface area contributed by atoms with E-state index in [1.807, 2.05) is 13.0 Å². The molecular formula is C14H20O4. The van der Waals surface area contributed by atoms with Crippen LogP contribution in [-0.4, -0.2) is 30.9 Å². The minimum Gasteiger partial charge on any atom is -0.508 e. The van der Waals surface area contributed by atoms with Gasteiger partial charge in [0.1, 0.15) is 5.75 Å². The topological polar surface area (TPSA) is 55.8 Å². The highest BCUT2D eigenvalue weighted by molar-refractivity contribution is 5.69. The number of aryl methyl sites for hydroxylation is 1. The smallest absolute Gasteiger partial charge is 0.306 e. The number of phenols is 1. The molecule has 1 N–H and O–H groups in total. The molecule has 0 aliphatic heterocycles. The molecule has 0 bridgehead atoms. The Kier molecular flexibility index (Phi) is 6.22. The molecule has 0 radical (unpaired) electrons. The van der Waals surface area contributed by atoms with Crippen molar-refractivity contribution < 1.29 is 19.4 Å². The van der Waals surface area contributed by atoms with Crippen molar-refractivity contribution in [1.29, 1.82) is 0 Å². The molecule has 0 saturated heterocycles. The summed E-state index contributed by atoms with van der Waals surface area (Å²) >= 11 is 0. The highest BCUT2D eigenvalue weighted by Crippen LogP contribution is 2.17. The van der Waals surface area contributed by atoms with E-state index in [9.17, 15) is 9.90 Å². The SMILES string of the molecule is COC(C)CCOC(=O)CCc1ccccc1O. The summed E-state index contributed by atoms with van der Waals surface area (Å²) in [5.41, 5.74) is 0.764. The summed E-state index contributed by atoms with van der Waals surface area (Å²) in [4.78, 5) is 11.5. The predicted molar refractivity (Wildman–Crippen MR) is 68.5 cm³/mol. The third-order valence-corrected chi connectivity index (χ3v) is 2.78. The van der Waals surface area contributed by atoms with Gasteiger partial charge in [0.2, 0.25) is 0 Å². The van der Waals surface area contributed by atoms with Gasteiger partial charge in [-0.2, -0.15) is 0 Å². The molecule has 0 aromatic heterocycles. The monoisotopic (exact) mass is 252 g/mol. The maximum atomic E-state index is 11.5. The first-order valence-electron chi connectivity index (χ1n) is 6.08. The molecular weight excluding hydrogens is 232 g/mol. The Morgan fingerprint density at radius 1 is 1.39 bits per heavy atom. The van der Waals surface area contributed by atoms with Gasteiger partial charge >= 0.3 is 5.97 Å².